The topological polar surface area (TPSA) is 72.2 Å². The van der Waals surface area contributed by atoms with Crippen molar-refractivity contribution in [3.05, 3.63) is 24.3 Å². The third-order valence-corrected chi connectivity index (χ3v) is 2.70. The molecule has 5 heteroatoms. The van der Waals surface area contributed by atoms with E-state index in [0.717, 1.165) is 0 Å². The molecular weight excluding hydrogens is 235 g/mol. The summed E-state index contributed by atoms with van der Waals surface area (Å²) in [7, 11) is 0. The van der Waals surface area contributed by atoms with Crippen molar-refractivity contribution in [2.45, 2.75) is 32.9 Å². The number of allylic oxidation sites excluding steroid dienone is 3. The molecule has 1 aliphatic rings. The highest BCUT2D eigenvalue weighted by Gasteiger charge is 2.28. The summed E-state index contributed by atoms with van der Waals surface area (Å²) in [4.78, 5) is 21.0. The van der Waals surface area contributed by atoms with Crippen molar-refractivity contribution in [2.24, 2.45) is 11.7 Å². The quantitative estimate of drug-likeness (QED) is 0.593. The van der Waals surface area contributed by atoms with Crippen LogP contribution in [0, 0.1) is 5.92 Å². The first-order valence-electron chi connectivity index (χ1n) is 5.76. The van der Waals surface area contributed by atoms with Gasteiger partial charge in [-0.3, -0.25) is 9.59 Å². The Labute approximate surface area is 107 Å². The number of hydrogen-bond acceptors (Lipinski definition) is 2. The number of hydrogen-bond donors (Lipinski definition) is 2. The van der Waals surface area contributed by atoms with Gasteiger partial charge in [0, 0.05) is 6.54 Å². The van der Waals surface area contributed by atoms with Crippen molar-refractivity contribution >= 4 is 11.8 Å². The second-order valence-electron chi connectivity index (χ2n) is 4.59. The van der Waals surface area contributed by atoms with E-state index >= 15 is 0 Å². The fourth-order valence-corrected chi connectivity index (χ4v) is 1.24. The van der Waals surface area contributed by atoms with Crippen molar-refractivity contribution in [1.29, 1.82) is 0 Å². The Morgan fingerprint density at radius 1 is 1.61 bits per heavy atom. The van der Waals surface area contributed by atoms with Crippen molar-refractivity contribution < 1.29 is 14.0 Å². The van der Waals surface area contributed by atoms with Gasteiger partial charge in [-0.25, -0.2) is 4.39 Å². The molecule has 102 valence electrons. The molecule has 4 nitrogen and oxygen atoms in total. The zero-order valence-electron chi connectivity index (χ0n) is 11.1. The summed E-state index contributed by atoms with van der Waals surface area (Å²) in [6, 6.07) is 0. The number of rotatable bonds is 3. The third-order valence-electron chi connectivity index (χ3n) is 2.70. The number of amides is 2. The van der Waals surface area contributed by atoms with Crippen molar-refractivity contribution in [1.82, 2.24) is 5.32 Å². The maximum atomic E-state index is 12.9. The number of carbonyl (C=O) groups is 2. The van der Waals surface area contributed by atoms with Crippen LogP contribution in [0.25, 0.3) is 0 Å². The number of primary amides is 1. The maximum absolute atomic E-state index is 12.9. The van der Waals surface area contributed by atoms with Crippen molar-refractivity contribution in [3.8, 4) is 0 Å². The lowest BCUT2D eigenvalue weighted by Crippen LogP contribution is -2.30. The minimum absolute atomic E-state index is 0.234. The van der Waals surface area contributed by atoms with E-state index in [1.54, 1.807) is 19.1 Å². The molecule has 0 radical (unpaired) electrons. The Morgan fingerprint density at radius 2 is 2.17 bits per heavy atom. The van der Waals surface area contributed by atoms with Crippen LogP contribution in [0.5, 0.6) is 0 Å². The lowest BCUT2D eigenvalue weighted by atomic mass is 10.0. The molecule has 0 saturated carbocycles. The second-order valence-corrected chi connectivity index (χ2v) is 4.59. The summed E-state index contributed by atoms with van der Waals surface area (Å²) < 4.78 is 12.9. The lowest BCUT2D eigenvalue weighted by Gasteiger charge is -2.13. The van der Waals surface area contributed by atoms with E-state index < -0.39 is 17.5 Å². The van der Waals surface area contributed by atoms with Crippen LogP contribution in [-0.4, -0.2) is 24.0 Å². The summed E-state index contributed by atoms with van der Waals surface area (Å²) in [5.41, 5.74) is 4.39. The second kappa shape index (κ2) is 6.93. The van der Waals surface area contributed by atoms with Crippen LogP contribution in [0.3, 0.4) is 0 Å². The Balaban J connectivity index is 0.000000321. The molecule has 18 heavy (non-hydrogen) atoms. The molecule has 1 saturated heterocycles. The molecule has 0 aromatic carbocycles. The van der Waals surface area contributed by atoms with Crippen LogP contribution in [0.15, 0.2) is 24.3 Å². The number of carbonyl (C=O) groups excluding carboxylic acids is 2. The van der Waals surface area contributed by atoms with Gasteiger partial charge in [-0.2, -0.15) is 0 Å². The summed E-state index contributed by atoms with van der Waals surface area (Å²) >= 11 is 0. The van der Waals surface area contributed by atoms with Gasteiger partial charge in [0.25, 0.3) is 0 Å². The molecule has 0 aliphatic carbocycles. The minimum Gasteiger partial charge on any atom is -0.369 e. The summed E-state index contributed by atoms with van der Waals surface area (Å²) in [6.45, 7) is 8.86. The number of nitrogens with two attached hydrogens (primary N) is 1. The predicted molar refractivity (Wildman–Crippen MR) is 69.5 cm³/mol. The van der Waals surface area contributed by atoms with Gasteiger partial charge in [0.05, 0.1) is 0 Å². The first-order valence-corrected chi connectivity index (χ1v) is 5.76. The molecule has 3 N–H and O–H groups in total. The van der Waals surface area contributed by atoms with E-state index in [2.05, 4.69) is 11.9 Å². The fourth-order valence-electron chi connectivity index (χ4n) is 1.24. The third kappa shape index (κ3) is 5.61. The van der Waals surface area contributed by atoms with E-state index in [9.17, 15) is 14.0 Å². The van der Waals surface area contributed by atoms with E-state index in [1.165, 1.54) is 13.8 Å². The molecule has 1 rings (SSSR count). The highest BCUT2D eigenvalue weighted by molar-refractivity contribution is 6.00. The molecule has 0 aromatic rings. The molecule has 1 aliphatic heterocycles. The van der Waals surface area contributed by atoms with Crippen LogP contribution >= 0.6 is 0 Å². The van der Waals surface area contributed by atoms with Crippen LogP contribution in [-0.2, 0) is 9.59 Å². The highest BCUT2D eigenvalue weighted by atomic mass is 19.1. The average Bonchev–Trinajstić information content (AvgIpc) is 2.64. The van der Waals surface area contributed by atoms with Gasteiger partial charge in [0.2, 0.25) is 11.8 Å². The van der Waals surface area contributed by atoms with Gasteiger partial charge in [-0.1, -0.05) is 18.7 Å². The standard InChI is InChI=1S/C8H13F.C5H8N2O2/c1-5-6-7(2)8(3,4)9;6-4(8)3-1-2-7-5(3)9/h5-6H,1H2,2-4H3;3H,1-2H2,(H2,6,8)(H,7,9)/b7-6+;/t;3-/m.0/s1. The lowest BCUT2D eigenvalue weighted by molar-refractivity contribution is -0.131. The van der Waals surface area contributed by atoms with E-state index in [4.69, 9.17) is 5.73 Å². The molecular formula is C13H21FN2O2. The Hall–Kier alpha value is -1.65. The van der Waals surface area contributed by atoms with Gasteiger partial charge in [-0.05, 0) is 32.8 Å². The van der Waals surface area contributed by atoms with Gasteiger partial charge < -0.3 is 11.1 Å². The molecule has 1 fully saturated rings. The largest absolute Gasteiger partial charge is 0.369 e. The fraction of sp³-hybridized carbons (Fsp3) is 0.538. The Kier molecular flexibility index (Phi) is 6.30. The van der Waals surface area contributed by atoms with Crippen molar-refractivity contribution in [3.63, 3.8) is 0 Å². The molecule has 1 atom stereocenters. The molecule has 0 bridgehead atoms. The van der Waals surface area contributed by atoms with Crippen LogP contribution < -0.4 is 11.1 Å². The summed E-state index contributed by atoms with van der Waals surface area (Å²) in [5, 5.41) is 2.51. The maximum Gasteiger partial charge on any atom is 0.232 e. The SMILES string of the molecule is C=C/C=C(\C)C(C)(C)F.NC(=O)[C@@H]1CCNC1=O. The number of nitrogens with one attached hydrogen (secondary N) is 1. The first-order chi connectivity index (χ1) is 8.20. The van der Waals surface area contributed by atoms with Crippen LogP contribution in [0.2, 0.25) is 0 Å². The Bertz CT molecular complexity index is 356. The molecule has 0 aromatic heterocycles. The highest BCUT2D eigenvalue weighted by Crippen LogP contribution is 2.19. The molecule has 0 unspecified atom stereocenters. The van der Waals surface area contributed by atoms with Crippen LogP contribution in [0.1, 0.15) is 27.2 Å². The smallest absolute Gasteiger partial charge is 0.232 e. The van der Waals surface area contributed by atoms with Crippen LogP contribution in [0.4, 0.5) is 4.39 Å². The first kappa shape index (κ1) is 16.4. The number of alkyl halides is 1. The molecule has 1 heterocycles. The van der Waals surface area contributed by atoms with Gasteiger partial charge >= 0.3 is 0 Å². The van der Waals surface area contributed by atoms with E-state index in [-0.39, 0.29) is 5.91 Å². The summed E-state index contributed by atoms with van der Waals surface area (Å²) in [6.07, 6.45) is 3.82. The monoisotopic (exact) mass is 256 g/mol. The Morgan fingerprint density at radius 3 is 2.33 bits per heavy atom. The minimum atomic E-state index is -1.20. The summed E-state index contributed by atoms with van der Waals surface area (Å²) in [5.74, 6) is -1.34. The number of halogens is 1. The average molecular weight is 256 g/mol. The van der Waals surface area contributed by atoms with Gasteiger partial charge in [0.15, 0.2) is 0 Å². The van der Waals surface area contributed by atoms with E-state index in [1.807, 2.05) is 0 Å². The normalized spacial score (nSPS) is 19.7. The predicted octanol–water partition coefficient (Wildman–Crippen LogP) is 1.47. The molecule has 0 spiro atoms. The van der Waals surface area contributed by atoms with E-state index in [0.29, 0.717) is 18.5 Å². The zero-order valence-corrected chi connectivity index (χ0v) is 11.1. The van der Waals surface area contributed by atoms with Gasteiger partial charge in [0.1, 0.15) is 11.6 Å². The van der Waals surface area contributed by atoms with Gasteiger partial charge in [-0.15, -0.1) is 0 Å². The molecule has 2 amide bonds. The zero-order chi connectivity index (χ0) is 14.3. The van der Waals surface area contributed by atoms with Crippen molar-refractivity contribution in [2.75, 3.05) is 6.54 Å².